The molecule has 5 saturated heterocycles. The minimum absolute atomic E-state index is 0. The van der Waals surface area contributed by atoms with E-state index in [0.29, 0.717) is 96.5 Å². The van der Waals surface area contributed by atoms with Crippen molar-refractivity contribution in [3.8, 4) is 0 Å². The Morgan fingerprint density at radius 3 is 1.27 bits per heavy atom. The molecule has 1 unspecified atom stereocenters. The number of Topliss-reactive ketones (excluding diaryl/α,β-unsaturated/α-hetero) is 1. The summed E-state index contributed by atoms with van der Waals surface area (Å²) in [5.74, 6) is 0.719. The van der Waals surface area contributed by atoms with Crippen molar-refractivity contribution in [1.82, 2.24) is 44.5 Å². The summed E-state index contributed by atoms with van der Waals surface area (Å²) in [6.45, 7) is 34.8. The number of aldehydes is 1. The number of likely N-dealkylation sites (tertiary alicyclic amines) is 4. The van der Waals surface area contributed by atoms with Gasteiger partial charge in [0.2, 0.25) is 0 Å². The molecule has 2 spiro atoms. The minimum Gasteiger partial charge on any atom is -1.00 e. The number of aromatic nitrogens is 5. The first-order valence-electron chi connectivity index (χ1n) is 32.6. The maximum absolute atomic E-state index is 12.0. The number of alkyl halides is 3. The van der Waals surface area contributed by atoms with E-state index in [1.807, 2.05) is 120 Å². The van der Waals surface area contributed by atoms with Crippen molar-refractivity contribution in [3.05, 3.63) is 146 Å². The number of nitrogens with zero attached hydrogens (tertiary/aromatic N) is 9. The van der Waals surface area contributed by atoms with Gasteiger partial charge in [-0.05, 0) is 203 Å². The molecule has 0 saturated carbocycles. The largest absolute Gasteiger partial charge is 2.00 e. The fraction of sp³-hybridized carbons (Fsp3) is 0.556. The number of rotatable bonds is 4. The summed E-state index contributed by atoms with van der Waals surface area (Å²) in [4.78, 5) is 94.6. The number of hydrogen-bond donors (Lipinski definition) is 0. The van der Waals surface area contributed by atoms with E-state index in [2.05, 4.69) is 77.0 Å². The molecule has 586 valence electrons. The van der Waals surface area contributed by atoms with Crippen LogP contribution in [0.4, 0.5) is 19.2 Å². The predicted octanol–water partition coefficient (Wildman–Crippen LogP) is 8.96. The van der Waals surface area contributed by atoms with Crippen molar-refractivity contribution in [3.63, 3.8) is 0 Å². The minimum atomic E-state index is -0.682. The van der Waals surface area contributed by atoms with Crippen LogP contribution in [0.2, 0.25) is 20.6 Å². The van der Waals surface area contributed by atoms with Gasteiger partial charge < -0.3 is 79.1 Å². The molecule has 12 heterocycles. The van der Waals surface area contributed by atoms with Gasteiger partial charge in [0.15, 0.2) is 12.1 Å². The summed E-state index contributed by atoms with van der Waals surface area (Å²) in [5, 5.41) is 1.90. The number of halogens is 11. The fourth-order valence-corrected chi connectivity index (χ4v) is 12.6. The van der Waals surface area contributed by atoms with Crippen LogP contribution in [-0.2, 0) is 79.0 Å². The third-order valence-corrected chi connectivity index (χ3v) is 18.6. The van der Waals surface area contributed by atoms with Crippen LogP contribution in [0.3, 0.4) is 0 Å². The zero-order valence-corrected chi connectivity index (χ0v) is 75.3. The van der Waals surface area contributed by atoms with Gasteiger partial charge in [-0.25, -0.2) is 44.1 Å². The average Bonchev–Trinajstić information content (AvgIpc) is 1.65. The SMILES string of the molecule is C.CC(C)(C)OC(=O)N1CC(=O)C1.CC(C)(C)OC(=O)N1CC(Cl)(c2ccc(Cl)nc2CCl)C1.CC(C)(C)OC(=O)N1CC2(C1)OCc1nc(C=O)ccc12.CC(C)(C)OC(=O)N1CC2(C1)OCc1nc(Cl)ccc12.CC1CCCO1.C[CH-]C.Cc1nc(Cl)ccc1I.ClCc1nc(Cl)ccc1I.[Cl-].[Cl-].[Li+].[Mg+2]. The quantitative estimate of drug-likeness (QED) is 0.0310. The maximum Gasteiger partial charge on any atom is 2.00 e. The standard InChI is InChI=1S/C15H18N2O4.C14H17Cl3N2O2.C14H17ClN2O3.C8H13NO3.C6H4Cl2IN.C6H5ClIN.C5H10O.C3H7.CH4.2ClH.Li.Mg/c1-14(2,3)21-13(19)17-8-15(9-17)11-5-4-10(6-18)16-12(11)7-20-15;1-13(2,3)21-12(20)19-7-14(17,8-19)9-4-5-11(16)18-10(9)6-15;1-13(2,3)20-12(18)17-7-14(8-17)9-4-5-11(15)16-10(9)6-19-14;1-8(2,3)12-7(11)9-4-6(10)5-9;7-3-5-4(9)1-2-6(8)10-5;1-4-5(8)2-3-6(7)9-4;1-5-3-2-4-6-5;1-3-2;;;;;/h4-6H,7-9H2,1-3H3;4-5H,6-8H2,1-3H3;4-5H,6-8H2,1-3H3;4-5H2,1-3H3;1-2H,3H2;2-3H,1H3;5H,2-4H2,1H3;3H,1-2H3;1H4;2*1H;;/q;;;;;;;-1;;;;+1;+2/p-2. The van der Waals surface area contributed by atoms with Crippen molar-refractivity contribution < 1.29 is 106 Å². The number of carbonyl (C=O) groups excluding carboxylic acids is 6. The Morgan fingerprint density at radius 1 is 0.570 bits per heavy atom. The van der Waals surface area contributed by atoms with Crippen molar-refractivity contribution in [2.45, 2.75) is 201 Å². The summed E-state index contributed by atoms with van der Waals surface area (Å²) in [6, 6.07) is 18.1. The number of ether oxygens (including phenoxy) is 7. The molecule has 0 aliphatic carbocycles. The molecule has 0 N–H and O–H groups in total. The topological polar surface area (TPSA) is 244 Å². The van der Waals surface area contributed by atoms with Gasteiger partial charge in [-0.2, -0.15) is 13.8 Å². The van der Waals surface area contributed by atoms with Crippen LogP contribution in [0.15, 0.2) is 60.7 Å². The third kappa shape index (κ3) is 33.1. The Kier molecular flexibility index (Phi) is 45.1. The Balaban J connectivity index is 0.00000125. The number of hydrogen-bond acceptors (Lipinski definition) is 18. The molecule has 4 amide bonds. The van der Waals surface area contributed by atoms with E-state index in [-0.39, 0.29) is 117 Å². The van der Waals surface area contributed by atoms with Crippen LogP contribution >= 0.6 is 126 Å². The van der Waals surface area contributed by atoms with E-state index < -0.39 is 44.6 Å². The average molecular weight is 1900 g/mol. The van der Waals surface area contributed by atoms with Crippen LogP contribution < -0.4 is 43.7 Å². The molecule has 5 aromatic rings. The molecule has 5 aromatic heterocycles. The van der Waals surface area contributed by atoms with Gasteiger partial charge in [0.25, 0.3) is 0 Å². The molecule has 12 rings (SSSR count). The van der Waals surface area contributed by atoms with Gasteiger partial charge in [-0.3, -0.25) is 14.5 Å². The number of amides is 4. The Hall–Kier alpha value is -2.52. The van der Waals surface area contributed by atoms with E-state index in [0.717, 1.165) is 59.5 Å². The molecular weight excluding hydrogens is 1800 g/mol. The Morgan fingerprint density at radius 2 is 0.925 bits per heavy atom. The Bertz CT molecular complexity index is 3720. The van der Waals surface area contributed by atoms with E-state index in [1.54, 1.807) is 65.8 Å². The molecule has 22 nitrogen and oxygen atoms in total. The monoisotopic (exact) mass is 1890 g/mol. The second-order valence-corrected chi connectivity index (χ2v) is 33.6. The number of ketones is 1. The zero-order valence-electron chi connectivity index (χ0n) is 62.8. The van der Waals surface area contributed by atoms with Crippen LogP contribution in [0, 0.1) is 20.5 Å². The zero-order chi connectivity index (χ0) is 76.5. The van der Waals surface area contributed by atoms with E-state index >= 15 is 0 Å². The summed E-state index contributed by atoms with van der Waals surface area (Å²) in [6.07, 6.45) is 4.39. The molecule has 35 heteroatoms. The summed E-state index contributed by atoms with van der Waals surface area (Å²) < 4.78 is 40.0. The van der Waals surface area contributed by atoms with Gasteiger partial charge in [0.05, 0.1) is 98.8 Å². The van der Waals surface area contributed by atoms with Gasteiger partial charge in [0.1, 0.15) is 64.8 Å². The molecular formula is C72H95Cl9I2LiMgN9O13. The molecule has 7 aliphatic rings. The Labute approximate surface area is 733 Å². The number of fused-ring (bicyclic) bond motifs is 4. The van der Waals surface area contributed by atoms with Crippen LogP contribution in [0.1, 0.15) is 180 Å². The number of carbonyl (C=O) groups is 6. The molecule has 107 heavy (non-hydrogen) atoms. The van der Waals surface area contributed by atoms with Crippen molar-refractivity contribution >= 4 is 186 Å². The first kappa shape index (κ1) is 104. The third-order valence-electron chi connectivity index (χ3n) is 14.7. The molecule has 0 radical (unpaired) electrons. The van der Waals surface area contributed by atoms with E-state index in [9.17, 15) is 28.8 Å². The van der Waals surface area contributed by atoms with Crippen molar-refractivity contribution in [2.24, 2.45) is 0 Å². The second kappa shape index (κ2) is 46.1. The van der Waals surface area contributed by atoms with Crippen LogP contribution in [0.25, 0.3) is 0 Å². The van der Waals surface area contributed by atoms with Crippen LogP contribution in [0.5, 0.6) is 0 Å². The van der Waals surface area contributed by atoms with E-state index in [1.165, 1.54) is 17.7 Å². The van der Waals surface area contributed by atoms with Gasteiger partial charge in [0, 0.05) is 38.0 Å². The summed E-state index contributed by atoms with van der Waals surface area (Å²) in [7, 11) is 0. The maximum atomic E-state index is 12.0. The predicted molar refractivity (Wildman–Crippen MR) is 425 cm³/mol. The number of aryl methyl sites for hydroxylation is 1. The summed E-state index contributed by atoms with van der Waals surface area (Å²) >= 11 is 45.4. The van der Waals surface area contributed by atoms with Crippen LogP contribution in [-0.4, -0.2) is 191 Å². The number of pyridine rings is 5. The summed E-state index contributed by atoms with van der Waals surface area (Å²) in [5.41, 5.74) is 4.42. The molecule has 7 aliphatic heterocycles. The molecule has 1 atom stereocenters. The first-order valence-corrected chi connectivity index (χ1v) is 37.8. The van der Waals surface area contributed by atoms with Gasteiger partial charge in [-0.1, -0.05) is 72.0 Å². The van der Waals surface area contributed by atoms with E-state index in [4.69, 9.17) is 114 Å². The fourth-order valence-electron chi connectivity index (χ4n) is 10.1. The smallest absolute Gasteiger partial charge is 1.00 e. The van der Waals surface area contributed by atoms with Gasteiger partial charge >= 0.3 is 66.3 Å². The molecule has 0 aromatic carbocycles. The normalized spacial score (nSPS) is 16.6. The van der Waals surface area contributed by atoms with Gasteiger partial charge in [-0.15, -0.1) is 34.8 Å². The first-order chi connectivity index (χ1) is 47.4. The second-order valence-electron chi connectivity index (χ2n) is 28.5. The van der Waals surface area contributed by atoms with Crippen molar-refractivity contribution in [2.75, 3.05) is 59.0 Å². The van der Waals surface area contributed by atoms with Crippen molar-refractivity contribution in [1.29, 1.82) is 0 Å². The molecule has 5 fully saturated rings. The molecule has 0 bridgehead atoms.